The molecule has 0 heterocycles. The van der Waals surface area contributed by atoms with Gasteiger partial charge in [-0.2, -0.15) is 0 Å². The normalized spacial score (nSPS) is 13.8. The van der Waals surface area contributed by atoms with E-state index in [1.54, 1.807) is 5.19 Å². The van der Waals surface area contributed by atoms with Crippen molar-refractivity contribution in [2.75, 3.05) is 0 Å². The van der Waals surface area contributed by atoms with Crippen LogP contribution in [0.2, 0.25) is 18.0 Å². The number of rotatable bonds is 1. The van der Waals surface area contributed by atoms with Gasteiger partial charge in [-0.3, -0.25) is 0 Å². The van der Waals surface area contributed by atoms with Gasteiger partial charge in [0.15, 0.2) is 0 Å². The van der Waals surface area contributed by atoms with Crippen molar-refractivity contribution in [1.29, 1.82) is 0 Å². The molecule has 0 aliphatic rings. The van der Waals surface area contributed by atoms with Crippen molar-refractivity contribution in [2.24, 2.45) is 0 Å². The van der Waals surface area contributed by atoms with Gasteiger partial charge < -0.3 is 0 Å². The van der Waals surface area contributed by atoms with Gasteiger partial charge >= 0.3 is 66.9 Å². The molecule has 1 aromatic carbocycles. The molecule has 0 amide bonds. The molecule has 0 saturated carbocycles. The molecule has 1 rings (SSSR count). The first kappa shape index (κ1) is 25.5. The molecule has 25 heavy (non-hydrogen) atoms. The van der Waals surface area contributed by atoms with E-state index in [-0.39, 0.29) is 17.4 Å². The van der Waals surface area contributed by atoms with Gasteiger partial charge in [0.1, 0.15) is 7.74 Å². The fourth-order valence-corrected chi connectivity index (χ4v) is 14.7. The summed E-state index contributed by atoms with van der Waals surface area (Å²) in [5.74, 6) is 0. The van der Waals surface area contributed by atoms with E-state index in [1.807, 2.05) is 0 Å². The van der Waals surface area contributed by atoms with E-state index in [4.69, 9.17) is 0 Å². The average molecular weight is 436 g/mol. The molecular formula is C22H43GaPSi. The van der Waals surface area contributed by atoms with Gasteiger partial charge in [-0.05, 0) is 10.1 Å². The van der Waals surface area contributed by atoms with E-state index < -0.39 is 7.74 Å². The zero-order valence-corrected chi connectivity index (χ0v) is 23.6. The number of hydrogen-bond donors (Lipinski definition) is 0. The monoisotopic (exact) mass is 435 g/mol. The second-order valence-corrected chi connectivity index (χ2v) is 27.2. The molecule has 0 aromatic heterocycles. The van der Waals surface area contributed by atoms with Crippen LogP contribution in [0.15, 0.2) is 30.3 Å². The molecule has 0 spiro atoms. The third kappa shape index (κ3) is 8.37. The van der Waals surface area contributed by atoms with Crippen LogP contribution in [0.25, 0.3) is 0 Å². The molecular weight excluding hydrogens is 393 g/mol. The van der Waals surface area contributed by atoms with Gasteiger partial charge in [0.2, 0.25) is 0 Å². The van der Waals surface area contributed by atoms with Crippen LogP contribution in [-0.2, 0) is 0 Å². The fourth-order valence-electron chi connectivity index (χ4n) is 3.99. The Morgan fingerprint density at radius 3 is 1.16 bits per heavy atom. The summed E-state index contributed by atoms with van der Waals surface area (Å²) in [7, 11) is 1.65. The van der Waals surface area contributed by atoms with Crippen LogP contribution in [0.4, 0.5) is 0 Å². The predicted octanol–water partition coefficient (Wildman–Crippen LogP) is 7.44. The van der Waals surface area contributed by atoms with Crippen molar-refractivity contribution in [1.82, 2.24) is 0 Å². The molecule has 0 nitrogen and oxygen atoms in total. The fraction of sp³-hybridized carbons (Fsp3) is 0.727. The van der Waals surface area contributed by atoms with Crippen molar-refractivity contribution < 1.29 is 0 Å². The van der Waals surface area contributed by atoms with E-state index in [9.17, 15) is 0 Å². The van der Waals surface area contributed by atoms with Crippen LogP contribution < -0.4 is 5.19 Å². The SMILES string of the molecule is CC(C)(C)[Si](P)(c1ccccc1)C(C)(C)C.C[C](C)(C)[Ga][C](C)(C)C. The van der Waals surface area contributed by atoms with E-state index in [1.165, 1.54) is 0 Å². The standard InChI is InChI=1S/C14H25PSi.2C4H9.Ga/c1-13(2,3)16(15,14(4,5)6)12-10-8-7-9-11-12;2*1-4(2)3;/h7-11H,15H2,1-6H3;2*1-3H3;. The third-order valence-electron chi connectivity index (χ3n) is 4.46. The Bertz CT molecular complexity index is 484. The molecule has 0 aliphatic heterocycles. The summed E-state index contributed by atoms with van der Waals surface area (Å²) in [5.41, 5.74) is 0. The second-order valence-electron chi connectivity index (χ2n) is 11.6. The van der Waals surface area contributed by atoms with Gasteiger partial charge in [-0.1, -0.05) is 77.1 Å². The minimum absolute atomic E-state index is 0.0625. The molecule has 0 fully saturated rings. The van der Waals surface area contributed by atoms with Gasteiger partial charge in [-0.15, -0.1) is 8.79 Å². The summed E-state index contributed by atoms with van der Waals surface area (Å²) in [6, 6.07) is 11.0. The van der Waals surface area contributed by atoms with E-state index in [0.717, 1.165) is 0 Å². The van der Waals surface area contributed by atoms with Crippen LogP contribution in [-0.4, -0.2) is 25.2 Å². The zero-order valence-electron chi connectivity index (χ0n) is 19.0. The quantitative estimate of drug-likeness (QED) is 0.317. The molecule has 3 heteroatoms. The first-order valence-electron chi connectivity index (χ1n) is 9.53. The first-order valence-corrected chi connectivity index (χ1v) is 15.8. The van der Waals surface area contributed by atoms with E-state index in [2.05, 4.69) is 122 Å². The Morgan fingerprint density at radius 2 is 0.960 bits per heavy atom. The Hall–Kier alpha value is 0.503. The summed E-state index contributed by atoms with van der Waals surface area (Å²) in [5, 5.41) is 2.23. The predicted molar refractivity (Wildman–Crippen MR) is 126 cm³/mol. The Balaban J connectivity index is 0.000000547. The van der Waals surface area contributed by atoms with Crippen molar-refractivity contribution in [3.05, 3.63) is 30.3 Å². The minimum atomic E-state index is -1.61. The molecule has 0 aliphatic carbocycles. The molecule has 0 bridgehead atoms. The van der Waals surface area contributed by atoms with Crippen LogP contribution in [0, 0.1) is 0 Å². The van der Waals surface area contributed by atoms with Gasteiger partial charge in [0.25, 0.3) is 0 Å². The van der Waals surface area contributed by atoms with Crippen molar-refractivity contribution in [2.45, 2.75) is 101 Å². The molecule has 143 valence electrons. The summed E-state index contributed by atoms with van der Waals surface area (Å²) < 4.78 is 1.28. The van der Waals surface area contributed by atoms with Crippen molar-refractivity contribution >= 4 is 39.1 Å². The molecule has 1 aromatic rings. The summed E-state index contributed by atoms with van der Waals surface area (Å²) in [6.07, 6.45) is 0. The van der Waals surface area contributed by atoms with Crippen LogP contribution >= 0.6 is 8.79 Å². The number of hydrogen-bond acceptors (Lipinski definition) is 0. The molecule has 0 N–H and O–H groups in total. The summed E-state index contributed by atoms with van der Waals surface area (Å²) >= 11 is -0.0625. The van der Waals surface area contributed by atoms with E-state index in [0.29, 0.717) is 18.0 Å². The van der Waals surface area contributed by atoms with Crippen LogP contribution in [0.1, 0.15) is 83.1 Å². The first-order chi connectivity index (χ1) is 10.8. The maximum absolute atomic E-state index is 3.26. The van der Waals surface area contributed by atoms with Gasteiger partial charge in [0, 0.05) is 0 Å². The Morgan fingerprint density at radius 1 is 0.640 bits per heavy atom. The Kier molecular flexibility index (Phi) is 8.85. The van der Waals surface area contributed by atoms with Crippen molar-refractivity contribution in [3.8, 4) is 0 Å². The van der Waals surface area contributed by atoms with Crippen LogP contribution in [0.3, 0.4) is 0 Å². The Labute approximate surface area is 170 Å². The van der Waals surface area contributed by atoms with Gasteiger partial charge in [0.05, 0.1) is 0 Å². The second kappa shape index (κ2) is 8.67. The van der Waals surface area contributed by atoms with Crippen LogP contribution in [0.5, 0.6) is 0 Å². The summed E-state index contributed by atoms with van der Waals surface area (Å²) in [4.78, 5) is 0. The number of benzene rings is 1. The maximum atomic E-state index is 3.26. The molecule has 1 unspecified atom stereocenters. The molecule has 1 atom stereocenters. The zero-order chi connectivity index (χ0) is 20.3. The van der Waals surface area contributed by atoms with E-state index >= 15 is 0 Å². The molecule has 0 saturated heterocycles. The average Bonchev–Trinajstić information content (AvgIpc) is 2.32. The van der Waals surface area contributed by atoms with Crippen molar-refractivity contribution in [3.63, 3.8) is 0 Å². The third-order valence-corrected chi connectivity index (χ3v) is 20.3. The molecule has 1 radical (unpaired) electrons. The van der Waals surface area contributed by atoms with Gasteiger partial charge in [-0.25, -0.2) is 0 Å². The topological polar surface area (TPSA) is 0 Å². The summed E-state index contributed by atoms with van der Waals surface area (Å²) in [6.45, 7) is 28.4.